The first-order valence-corrected chi connectivity index (χ1v) is 15.1. The van der Waals surface area contributed by atoms with Crippen LogP contribution in [0.2, 0.25) is 0 Å². The van der Waals surface area contributed by atoms with Gasteiger partial charge >= 0.3 is 5.97 Å². The Kier molecular flexibility index (Phi) is 17.6. The van der Waals surface area contributed by atoms with Crippen LogP contribution in [-0.4, -0.2) is 63.0 Å². The molecule has 202 valence electrons. The lowest BCUT2D eigenvalue weighted by Crippen LogP contribution is -2.38. The average molecular weight is 555 g/mol. The molecule has 1 rings (SSSR count). The van der Waals surface area contributed by atoms with Crippen LogP contribution in [0.5, 0.6) is 0 Å². The van der Waals surface area contributed by atoms with Crippen LogP contribution in [0.3, 0.4) is 0 Å². The molecule has 1 aromatic carbocycles. The number of unbranched alkanes of at least 4 members (excludes halogenated alkanes) is 4. The van der Waals surface area contributed by atoms with Gasteiger partial charge in [-0.25, -0.2) is 0 Å². The van der Waals surface area contributed by atoms with Gasteiger partial charge in [-0.3, -0.25) is 14.4 Å². The molecule has 1 aromatic rings. The summed E-state index contributed by atoms with van der Waals surface area (Å²) in [5, 5.41) is 11.3. The second kappa shape index (κ2) is 19.5. The van der Waals surface area contributed by atoms with Crippen LogP contribution in [0.1, 0.15) is 70.3 Å². The van der Waals surface area contributed by atoms with Gasteiger partial charge in [0, 0.05) is 33.0 Å². The van der Waals surface area contributed by atoms with E-state index in [1.807, 2.05) is 18.2 Å². The summed E-state index contributed by atoms with van der Waals surface area (Å²) in [7, 11) is 3.50. The average Bonchev–Trinajstić information content (AvgIpc) is 2.85. The maximum absolute atomic E-state index is 13.2. The zero-order chi connectivity index (χ0) is 26.8. The number of aliphatic carboxylic acids is 1. The highest BCUT2D eigenvalue weighted by Crippen LogP contribution is 2.30. The number of amides is 2. The third-order valence-electron chi connectivity index (χ3n) is 5.78. The topological polar surface area (TPSA) is 86.7 Å². The summed E-state index contributed by atoms with van der Waals surface area (Å²) in [5.74, 6) is -0.319. The van der Waals surface area contributed by atoms with Gasteiger partial charge in [-0.2, -0.15) is 0 Å². The van der Waals surface area contributed by atoms with E-state index in [2.05, 4.69) is 24.4 Å². The molecule has 2 amide bonds. The Hall–Kier alpha value is -1.58. The van der Waals surface area contributed by atoms with Crippen LogP contribution < -0.4 is 5.32 Å². The summed E-state index contributed by atoms with van der Waals surface area (Å²) >= 11 is 8.60. The molecule has 0 aliphatic carbocycles. The molecule has 2 atom stereocenters. The molecule has 0 heterocycles. The molecule has 9 heteroatoms. The maximum atomic E-state index is 13.2. The van der Waals surface area contributed by atoms with E-state index < -0.39 is 11.2 Å². The number of rotatable bonds is 18. The van der Waals surface area contributed by atoms with Crippen molar-refractivity contribution in [1.82, 2.24) is 10.2 Å². The minimum Gasteiger partial charge on any atom is -0.481 e. The first kappa shape index (κ1) is 32.4. The van der Waals surface area contributed by atoms with E-state index in [0.29, 0.717) is 32.2 Å². The minimum absolute atomic E-state index is 0.0175. The summed E-state index contributed by atoms with van der Waals surface area (Å²) < 4.78 is 0.733. The highest BCUT2D eigenvalue weighted by Gasteiger charge is 2.29. The van der Waals surface area contributed by atoms with Crippen LogP contribution in [0.25, 0.3) is 0 Å². The van der Waals surface area contributed by atoms with Crippen LogP contribution in [-0.2, 0) is 20.8 Å². The number of hydrogen-bond acceptors (Lipinski definition) is 6. The second-order valence-corrected chi connectivity index (χ2v) is 12.6. The Balaban J connectivity index is 2.83. The Morgan fingerprint density at radius 1 is 1.06 bits per heavy atom. The summed E-state index contributed by atoms with van der Waals surface area (Å²) in [6.07, 6.45) is 7.69. The van der Waals surface area contributed by atoms with E-state index >= 15 is 0 Å². The molecule has 0 radical (unpaired) electrons. The second-order valence-electron chi connectivity index (χ2n) is 9.10. The normalized spacial score (nSPS) is 12.5. The van der Waals surface area contributed by atoms with Crippen LogP contribution in [0, 0.1) is 5.92 Å². The van der Waals surface area contributed by atoms with Gasteiger partial charge in [-0.05, 0) is 49.8 Å². The summed E-state index contributed by atoms with van der Waals surface area (Å²) in [5.41, 5.74) is 1.17. The minimum atomic E-state index is -0.834. The zero-order valence-electron chi connectivity index (χ0n) is 21.9. The van der Waals surface area contributed by atoms with Gasteiger partial charge in [0.2, 0.25) is 11.8 Å². The molecule has 0 aromatic heterocycles. The molecule has 6 nitrogen and oxygen atoms in total. The highest BCUT2D eigenvalue weighted by atomic mass is 32.2. The van der Waals surface area contributed by atoms with Gasteiger partial charge < -0.3 is 15.3 Å². The first-order valence-electron chi connectivity index (χ1n) is 12.8. The van der Waals surface area contributed by atoms with E-state index in [9.17, 15) is 14.4 Å². The molecule has 2 unspecified atom stereocenters. The number of hydrogen-bond donors (Lipinski definition) is 2. The highest BCUT2D eigenvalue weighted by molar-refractivity contribution is 8.47. The van der Waals surface area contributed by atoms with Gasteiger partial charge in [0.25, 0.3) is 0 Å². The third kappa shape index (κ3) is 14.9. The van der Waals surface area contributed by atoms with Crippen molar-refractivity contribution in [3.8, 4) is 0 Å². The van der Waals surface area contributed by atoms with Crippen molar-refractivity contribution < 1.29 is 19.5 Å². The molecule has 0 saturated heterocycles. The lowest BCUT2D eigenvalue weighted by atomic mass is 9.93. The number of thioether (sulfide) groups is 2. The Morgan fingerprint density at radius 2 is 1.78 bits per heavy atom. The van der Waals surface area contributed by atoms with E-state index in [0.717, 1.165) is 22.1 Å². The Bertz CT molecular complexity index is 805. The SMILES string of the molecule is CCCCCCSC(=S)SC(CC(CCc1ccccc1)C(=O)N(C)C)C(=O)NCCCCC(=O)O. The first-order chi connectivity index (χ1) is 17.2. The fourth-order valence-electron chi connectivity index (χ4n) is 3.72. The van der Waals surface area contributed by atoms with Crippen molar-refractivity contribution in [3.63, 3.8) is 0 Å². The predicted molar refractivity (Wildman–Crippen MR) is 157 cm³/mol. The number of nitrogens with one attached hydrogen (secondary N) is 1. The number of aryl methyl sites for hydroxylation is 1. The van der Waals surface area contributed by atoms with Crippen molar-refractivity contribution in [2.24, 2.45) is 5.92 Å². The van der Waals surface area contributed by atoms with Gasteiger partial charge in [-0.1, -0.05) is 80.5 Å². The van der Waals surface area contributed by atoms with Gasteiger partial charge in [0.1, 0.15) is 3.53 Å². The van der Waals surface area contributed by atoms with Crippen molar-refractivity contribution in [2.45, 2.75) is 76.4 Å². The lowest BCUT2D eigenvalue weighted by Gasteiger charge is -2.25. The molecule has 0 aliphatic heterocycles. The quantitative estimate of drug-likeness (QED) is 0.176. The molecule has 0 aliphatic rings. The molecule has 0 bridgehead atoms. The van der Waals surface area contributed by atoms with Gasteiger partial charge in [-0.15, -0.1) is 11.8 Å². The number of benzene rings is 1. The molecule has 2 N–H and O–H groups in total. The van der Waals surface area contributed by atoms with E-state index in [-0.39, 0.29) is 24.2 Å². The summed E-state index contributed by atoms with van der Waals surface area (Å²) in [6.45, 7) is 2.60. The summed E-state index contributed by atoms with van der Waals surface area (Å²) in [4.78, 5) is 38.5. The number of thiocarbonyl (C=S) groups is 1. The van der Waals surface area contributed by atoms with Crippen LogP contribution in [0.15, 0.2) is 30.3 Å². The van der Waals surface area contributed by atoms with Gasteiger partial charge in [0.05, 0.1) is 5.25 Å². The number of carbonyl (C=O) groups excluding carboxylic acids is 2. The fourth-order valence-corrected chi connectivity index (χ4v) is 6.46. The number of nitrogens with zero attached hydrogens (tertiary/aromatic N) is 1. The van der Waals surface area contributed by atoms with Crippen LogP contribution in [0.4, 0.5) is 0 Å². The Morgan fingerprint density at radius 3 is 2.42 bits per heavy atom. The number of carboxylic acid groups (broad SMARTS) is 1. The molecular weight excluding hydrogens is 513 g/mol. The van der Waals surface area contributed by atoms with E-state index in [1.165, 1.54) is 36.6 Å². The molecule has 0 fully saturated rings. The maximum Gasteiger partial charge on any atom is 0.303 e. The standard InChI is InChI=1S/C27H42N2O4S3/c1-4-5-6-12-19-35-27(34)36-23(25(32)28-18-11-10-15-24(30)31)20-22(26(33)29(2)3)17-16-21-13-8-7-9-14-21/h7-9,13-14,22-23H,4-6,10-12,15-20H2,1-3H3,(H,28,32)(H,30,31). The largest absolute Gasteiger partial charge is 0.481 e. The zero-order valence-corrected chi connectivity index (χ0v) is 24.3. The molecule has 36 heavy (non-hydrogen) atoms. The molecule has 0 spiro atoms. The lowest BCUT2D eigenvalue weighted by molar-refractivity contribution is -0.137. The third-order valence-corrected chi connectivity index (χ3v) is 8.67. The van der Waals surface area contributed by atoms with Crippen LogP contribution >= 0.6 is 35.7 Å². The Labute approximate surface area is 230 Å². The van der Waals surface area contributed by atoms with E-state index in [4.69, 9.17) is 17.3 Å². The van der Waals surface area contributed by atoms with Crippen molar-refractivity contribution in [2.75, 3.05) is 26.4 Å². The van der Waals surface area contributed by atoms with Gasteiger partial charge in [0.15, 0.2) is 0 Å². The van der Waals surface area contributed by atoms with Crippen molar-refractivity contribution >= 4 is 57.1 Å². The monoisotopic (exact) mass is 554 g/mol. The molecule has 0 saturated carbocycles. The molecular formula is C27H42N2O4S3. The predicted octanol–water partition coefficient (Wildman–Crippen LogP) is 5.79. The smallest absolute Gasteiger partial charge is 0.303 e. The number of carbonyl (C=O) groups is 3. The van der Waals surface area contributed by atoms with E-state index in [1.54, 1.807) is 30.8 Å². The summed E-state index contributed by atoms with van der Waals surface area (Å²) in [6, 6.07) is 10.1. The number of carboxylic acids is 1. The fraction of sp³-hybridized carbons (Fsp3) is 0.630. The van der Waals surface area contributed by atoms with Crippen molar-refractivity contribution in [3.05, 3.63) is 35.9 Å². The van der Waals surface area contributed by atoms with Crippen molar-refractivity contribution in [1.29, 1.82) is 0 Å².